The zero-order chi connectivity index (χ0) is 24.0. The highest BCUT2D eigenvalue weighted by Crippen LogP contribution is 2.30. The zero-order valence-electron chi connectivity index (χ0n) is 17.9. The summed E-state index contributed by atoms with van der Waals surface area (Å²) in [4.78, 5) is 12.3. The van der Waals surface area contributed by atoms with E-state index in [9.17, 15) is 17.6 Å². The summed E-state index contributed by atoms with van der Waals surface area (Å²) in [6.45, 7) is -0.800. The van der Waals surface area contributed by atoms with Crippen molar-refractivity contribution < 1.29 is 27.1 Å². The third-order valence-corrected chi connectivity index (χ3v) is 6.94. The van der Waals surface area contributed by atoms with Crippen LogP contribution in [0.2, 0.25) is 5.02 Å². The summed E-state index contributed by atoms with van der Waals surface area (Å²) in [5.74, 6) is -0.684. The summed E-state index contributed by atoms with van der Waals surface area (Å²) < 4.78 is 52.1. The van der Waals surface area contributed by atoms with Crippen LogP contribution in [-0.4, -0.2) is 39.4 Å². The lowest BCUT2D eigenvalue weighted by molar-refractivity contribution is -0.116. The third kappa shape index (κ3) is 5.81. The average Bonchev–Trinajstić information content (AvgIpc) is 2.80. The smallest absolute Gasteiger partial charge is 0.246 e. The first kappa shape index (κ1) is 24.5. The first-order chi connectivity index (χ1) is 15.8. The molecule has 0 aliphatic carbocycles. The molecule has 0 radical (unpaired) electrons. The number of rotatable bonds is 9. The number of ether oxygens (including phenoxy) is 2. The molecule has 0 bridgehead atoms. The van der Waals surface area contributed by atoms with Gasteiger partial charge in [-0.3, -0.25) is 4.79 Å². The van der Waals surface area contributed by atoms with Crippen LogP contribution < -0.4 is 14.8 Å². The van der Waals surface area contributed by atoms with Gasteiger partial charge in [0.05, 0.1) is 20.8 Å². The van der Waals surface area contributed by atoms with Crippen LogP contribution in [0.5, 0.6) is 11.5 Å². The van der Waals surface area contributed by atoms with Gasteiger partial charge in [0.25, 0.3) is 0 Å². The Labute approximate surface area is 196 Å². The van der Waals surface area contributed by atoms with Gasteiger partial charge in [0, 0.05) is 23.3 Å². The number of methoxy groups -OCH3 is 2. The van der Waals surface area contributed by atoms with E-state index in [0.717, 1.165) is 16.4 Å². The molecule has 10 heteroatoms. The van der Waals surface area contributed by atoms with Crippen LogP contribution in [0.4, 0.5) is 10.1 Å². The first-order valence-electron chi connectivity index (χ1n) is 9.76. The summed E-state index contributed by atoms with van der Waals surface area (Å²) in [5, 5.41) is 2.96. The second-order valence-corrected chi connectivity index (χ2v) is 9.23. The van der Waals surface area contributed by atoms with Gasteiger partial charge in [0.1, 0.15) is 10.7 Å². The molecule has 3 aromatic rings. The highest BCUT2D eigenvalue weighted by Gasteiger charge is 2.30. The molecule has 0 heterocycles. The molecule has 7 nitrogen and oxygen atoms in total. The van der Waals surface area contributed by atoms with Gasteiger partial charge in [-0.1, -0.05) is 41.9 Å². The molecule has 0 spiro atoms. The monoisotopic (exact) mass is 492 g/mol. The summed E-state index contributed by atoms with van der Waals surface area (Å²) in [6.07, 6.45) is 0. The second kappa shape index (κ2) is 10.7. The Balaban J connectivity index is 1.90. The molecule has 0 unspecified atom stereocenters. The molecular weight excluding hydrogens is 471 g/mol. The number of anilines is 1. The fourth-order valence-corrected chi connectivity index (χ4v) is 4.75. The number of hydrogen-bond acceptors (Lipinski definition) is 5. The molecule has 0 aliphatic heterocycles. The van der Waals surface area contributed by atoms with Gasteiger partial charge in [-0.2, -0.15) is 4.31 Å². The number of hydrogen-bond donors (Lipinski definition) is 1. The van der Waals surface area contributed by atoms with Gasteiger partial charge in [0.15, 0.2) is 11.5 Å². The van der Waals surface area contributed by atoms with Crippen LogP contribution >= 0.6 is 11.6 Å². The molecule has 0 aromatic heterocycles. The number of sulfonamides is 1. The Hall–Kier alpha value is -3.14. The highest BCUT2D eigenvalue weighted by atomic mass is 35.5. The number of halogens is 2. The quantitative estimate of drug-likeness (QED) is 0.480. The van der Waals surface area contributed by atoms with Crippen molar-refractivity contribution in [2.45, 2.75) is 11.4 Å². The molecule has 1 amide bonds. The van der Waals surface area contributed by atoms with Crippen molar-refractivity contribution in [3.05, 3.63) is 83.1 Å². The van der Waals surface area contributed by atoms with Gasteiger partial charge in [-0.15, -0.1) is 0 Å². The Morgan fingerprint density at radius 3 is 2.33 bits per heavy atom. The predicted octanol–water partition coefficient (Wildman–Crippen LogP) is 4.33. The van der Waals surface area contributed by atoms with Crippen molar-refractivity contribution in [3.63, 3.8) is 0 Å². The van der Waals surface area contributed by atoms with E-state index >= 15 is 0 Å². The molecular formula is C23H22ClFN2O5S. The summed E-state index contributed by atoms with van der Waals surface area (Å²) in [7, 11) is -1.43. The van der Waals surface area contributed by atoms with Crippen LogP contribution in [0.1, 0.15) is 5.56 Å². The maximum absolute atomic E-state index is 14.3. The minimum absolute atomic E-state index is 0.226. The van der Waals surface area contributed by atoms with Crippen molar-refractivity contribution >= 4 is 33.2 Å². The van der Waals surface area contributed by atoms with Crippen molar-refractivity contribution in [2.24, 2.45) is 0 Å². The topological polar surface area (TPSA) is 84.9 Å². The summed E-state index contributed by atoms with van der Waals surface area (Å²) in [6, 6.07) is 16.4. The van der Waals surface area contributed by atoms with E-state index < -0.39 is 33.2 Å². The lowest BCUT2D eigenvalue weighted by Gasteiger charge is -2.23. The lowest BCUT2D eigenvalue weighted by Crippen LogP contribution is -2.38. The standard InChI is InChI=1S/C23H22ClFN2O5S/c1-31-20-12-11-17(13-21(20)32-2)26-23(28)15-27(14-16-7-3-4-8-18(16)24)33(29,30)22-10-6-5-9-19(22)25/h3-13H,14-15H2,1-2H3,(H,26,28). The number of amides is 1. The predicted molar refractivity (Wildman–Crippen MR) is 124 cm³/mol. The minimum Gasteiger partial charge on any atom is -0.493 e. The van der Waals surface area contributed by atoms with Gasteiger partial charge in [0.2, 0.25) is 15.9 Å². The first-order valence-corrected chi connectivity index (χ1v) is 11.6. The minimum atomic E-state index is -4.36. The molecule has 33 heavy (non-hydrogen) atoms. The van der Waals surface area contributed by atoms with Gasteiger partial charge >= 0.3 is 0 Å². The van der Waals surface area contributed by atoms with E-state index in [1.54, 1.807) is 42.5 Å². The van der Waals surface area contributed by atoms with E-state index in [1.807, 2.05) is 0 Å². The van der Waals surface area contributed by atoms with Crippen LogP contribution in [0, 0.1) is 5.82 Å². The SMILES string of the molecule is COc1ccc(NC(=O)CN(Cc2ccccc2Cl)S(=O)(=O)c2ccccc2F)cc1OC. The van der Waals surface area contributed by atoms with Crippen LogP contribution in [0.3, 0.4) is 0 Å². The maximum atomic E-state index is 14.3. The lowest BCUT2D eigenvalue weighted by atomic mass is 10.2. The van der Waals surface area contributed by atoms with Crippen molar-refractivity contribution in [3.8, 4) is 11.5 Å². The zero-order valence-corrected chi connectivity index (χ0v) is 19.5. The van der Waals surface area contributed by atoms with Crippen LogP contribution in [0.25, 0.3) is 0 Å². The third-order valence-electron chi connectivity index (χ3n) is 4.75. The molecule has 174 valence electrons. The maximum Gasteiger partial charge on any atom is 0.246 e. The Morgan fingerprint density at radius 2 is 1.67 bits per heavy atom. The second-order valence-electron chi connectivity index (χ2n) is 6.91. The Morgan fingerprint density at radius 1 is 1.00 bits per heavy atom. The van der Waals surface area contributed by atoms with E-state index in [4.69, 9.17) is 21.1 Å². The number of nitrogens with zero attached hydrogens (tertiary/aromatic N) is 1. The highest BCUT2D eigenvalue weighted by molar-refractivity contribution is 7.89. The molecule has 0 atom stereocenters. The molecule has 3 rings (SSSR count). The van der Waals surface area contributed by atoms with E-state index in [2.05, 4.69) is 5.32 Å². The fraction of sp³-hybridized carbons (Fsp3) is 0.174. The fourth-order valence-electron chi connectivity index (χ4n) is 3.11. The normalized spacial score (nSPS) is 11.3. The van der Waals surface area contributed by atoms with E-state index in [-0.39, 0.29) is 6.54 Å². The van der Waals surface area contributed by atoms with Gasteiger partial charge in [-0.25, -0.2) is 12.8 Å². The largest absolute Gasteiger partial charge is 0.493 e. The Kier molecular flexibility index (Phi) is 7.91. The number of carbonyl (C=O) groups is 1. The average molecular weight is 493 g/mol. The van der Waals surface area contributed by atoms with E-state index in [0.29, 0.717) is 27.8 Å². The van der Waals surface area contributed by atoms with Crippen molar-refractivity contribution in [1.29, 1.82) is 0 Å². The molecule has 0 saturated carbocycles. The summed E-state index contributed by atoms with van der Waals surface area (Å²) in [5.41, 5.74) is 0.844. The van der Waals surface area contributed by atoms with Gasteiger partial charge < -0.3 is 14.8 Å². The van der Waals surface area contributed by atoms with Crippen LogP contribution in [-0.2, 0) is 21.4 Å². The number of nitrogens with one attached hydrogen (secondary N) is 1. The molecule has 0 fully saturated rings. The molecule has 3 aromatic carbocycles. The van der Waals surface area contributed by atoms with Crippen molar-refractivity contribution in [1.82, 2.24) is 4.31 Å². The van der Waals surface area contributed by atoms with Crippen molar-refractivity contribution in [2.75, 3.05) is 26.1 Å². The number of carbonyl (C=O) groups excluding carboxylic acids is 1. The Bertz CT molecular complexity index is 1250. The molecule has 1 N–H and O–H groups in total. The number of benzene rings is 3. The molecule has 0 saturated heterocycles. The van der Waals surface area contributed by atoms with E-state index in [1.165, 1.54) is 26.4 Å². The van der Waals surface area contributed by atoms with Crippen LogP contribution in [0.15, 0.2) is 71.6 Å². The molecule has 0 aliphatic rings. The summed E-state index contributed by atoms with van der Waals surface area (Å²) >= 11 is 6.20. The van der Waals surface area contributed by atoms with Gasteiger partial charge in [-0.05, 0) is 35.9 Å².